The van der Waals surface area contributed by atoms with Crippen LogP contribution in [-0.4, -0.2) is 18.2 Å². The van der Waals surface area contributed by atoms with E-state index >= 15 is 0 Å². The molecule has 2 N–H and O–H groups in total. The van der Waals surface area contributed by atoms with Crippen LogP contribution in [0, 0.1) is 0 Å². The van der Waals surface area contributed by atoms with Gasteiger partial charge in [-0.15, -0.1) is 0 Å². The minimum Gasteiger partial charge on any atom is -0.368 e. The molecule has 0 fully saturated rings. The van der Waals surface area contributed by atoms with E-state index in [0.29, 0.717) is 12.0 Å². The summed E-state index contributed by atoms with van der Waals surface area (Å²) in [5.41, 5.74) is 8.50. The van der Waals surface area contributed by atoms with Gasteiger partial charge < -0.3 is 10.6 Å². The smallest absolute Gasteiger partial charge is 0.237 e. The molecule has 0 aromatic heterocycles. The van der Waals surface area contributed by atoms with Gasteiger partial charge in [0.05, 0.1) is 5.69 Å². The van der Waals surface area contributed by atoms with Crippen LogP contribution in [0.25, 0.3) is 0 Å². The van der Waals surface area contributed by atoms with E-state index < -0.39 is 5.91 Å². The second-order valence-corrected chi connectivity index (χ2v) is 4.80. The quantitative estimate of drug-likeness (QED) is 0.904. The Morgan fingerprint density at radius 3 is 2.45 bits per heavy atom. The van der Waals surface area contributed by atoms with Crippen molar-refractivity contribution in [3.8, 4) is 0 Å². The molecule has 3 rings (SSSR count). The minimum absolute atomic E-state index is 0.0556. The minimum atomic E-state index is -0.427. The number of Topliss-reactive ketones (excluding diaryl/α,β-unsaturated/α-hetero) is 1. The molecule has 4 heteroatoms. The van der Waals surface area contributed by atoms with Gasteiger partial charge in [0.25, 0.3) is 0 Å². The van der Waals surface area contributed by atoms with Crippen molar-refractivity contribution in [2.45, 2.75) is 6.42 Å². The zero-order valence-electron chi connectivity index (χ0n) is 10.9. The van der Waals surface area contributed by atoms with Crippen molar-refractivity contribution in [2.75, 3.05) is 11.4 Å². The number of nitrogens with zero attached hydrogens (tertiary/aromatic N) is 1. The van der Waals surface area contributed by atoms with Crippen molar-refractivity contribution in [3.63, 3.8) is 0 Å². The maximum Gasteiger partial charge on any atom is 0.237 e. The lowest BCUT2D eigenvalue weighted by molar-refractivity contribution is -0.116. The number of ketones is 1. The Balaban J connectivity index is 2.23. The van der Waals surface area contributed by atoms with Crippen LogP contribution in [0.15, 0.2) is 48.5 Å². The highest BCUT2D eigenvalue weighted by Gasteiger charge is 2.25. The summed E-state index contributed by atoms with van der Waals surface area (Å²) in [7, 11) is 0. The molecule has 2 aromatic carbocycles. The maximum absolute atomic E-state index is 12.4. The average Bonchev–Trinajstić information content (AvgIpc) is 2.55. The molecular formula is C16H14N2O2. The Morgan fingerprint density at radius 2 is 1.70 bits per heavy atom. The number of rotatable bonds is 2. The van der Waals surface area contributed by atoms with E-state index in [9.17, 15) is 9.59 Å². The number of amides is 1. The topological polar surface area (TPSA) is 63.4 Å². The summed E-state index contributed by atoms with van der Waals surface area (Å²) in [5.74, 6) is -0.371. The summed E-state index contributed by atoms with van der Waals surface area (Å²) in [6.45, 7) is 0.0569. The fourth-order valence-electron chi connectivity index (χ4n) is 2.59. The first-order valence-electron chi connectivity index (χ1n) is 6.43. The third-order valence-corrected chi connectivity index (χ3v) is 3.44. The highest BCUT2D eigenvalue weighted by molar-refractivity contribution is 6.06. The van der Waals surface area contributed by atoms with Gasteiger partial charge in [-0.1, -0.05) is 30.3 Å². The lowest BCUT2D eigenvalue weighted by Crippen LogP contribution is -2.30. The summed E-state index contributed by atoms with van der Waals surface area (Å²) < 4.78 is 0. The SMILES string of the molecule is NC(=O)CN1c2ccccc2CC(=O)c2ccccc21. The number of carbonyl (C=O) groups excluding carboxylic acids is 2. The van der Waals surface area contributed by atoms with E-state index in [4.69, 9.17) is 5.73 Å². The number of fused-ring (bicyclic) bond motifs is 2. The van der Waals surface area contributed by atoms with Gasteiger partial charge in [-0.25, -0.2) is 0 Å². The molecule has 0 radical (unpaired) electrons. The Labute approximate surface area is 116 Å². The number of anilines is 2. The molecule has 1 aliphatic heterocycles. The Hall–Kier alpha value is -2.62. The number of primary amides is 1. The zero-order valence-corrected chi connectivity index (χ0v) is 10.9. The van der Waals surface area contributed by atoms with E-state index in [-0.39, 0.29) is 12.3 Å². The average molecular weight is 266 g/mol. The molecule has 0 bridgehead atoms. The van der Waals surface area contributed by atoms with Crippen molar-refractivity contribution in [1.82, 2.24) is 0 Å². The van der Waals surface area contributed by atoms with E-state index in [1.165, 1.54) is 0 Å². The Kier molecular flexibility index (Phi) is 2.99. The summed E-state index contributed by atoms with van der Waals surface area (Å²) in [6.07, 6.45) is 0.336. The van der Waals surface area contributed by atoms with Gasteiger partial charge in [0, 0.05) is 17.7 Å². The monoisotopic (exact) mass is 266 g/mol. The molecule has 100 valence electrons. The molecule has 0 unspecified atom stereocenters. The first-order valence-corrected chi connectivity index (χ1v) is 6.43. The summed E-state index contributed by atoms with van der Waals surface area (Å²) in [6, 6.07) is 14.9. The Bertz CT molecular complexity index is 694. The zero-order chi connectivity index (χ0) is 14.1. The molecule has 1 heterocycles. The van der Waals surface area contributed by atoms with Crippen LogP contribution in [0.2, 0.25) is 0 Å². The first kappa shape index (κ1) is 12.4. The third kappa shape index (κ3) is 2.05. The van der Waals surface area contributed by atoms with Crippen molar-refractivity contribution >= 4 is 23.1 Å². The van der Waals surface area contributed by atoms with Gasteiger partial charge >= 0.3 is 0 Å². The molecule has 4 nitrogen and oxygen atoms in total. The summed E-state index contributed by atoms with van der Waals surface area (Å²) in [5, 5.41) is 0. The highest BCUT2D eigenvalue weighted by Crippen LogP contribution is 2.35. The number of benzene rings is 2. The van der Waals surface area contributed by atoms with E-state index in [1.54, 1.807) is 6.07 Å². The largest absolute Gasteiger partial charge is 0.368 e. The number of para-hydroxylation sites is 2. The van der Waals surface area contributed by atoms with Gasteiger partial charge in [-0.05, 0) is 23.8 Å². The van der Waals surface area contributed by atoms with Crippen molar-refractivity contribution < 1.29 is 9.59 Å². The third-order valence-electron chi connectivity index (χ3n) is 3.44. The molecular weight excluding hydrogens is 252 g/mol. The first-order chi connectivity index (χ1) is 9.66. The van der Waals surface area contributed by atoms with E-state index in [0.717, 1.165) is 16.9 Å². The van der Waals surface area contributed by atoms with Gasteiger partial charge in [-0.2, -0.15) is 0 Å². The van der Waals surface area contributed by atoms with Crippen molar-refractivity contribution in [3.05, 3.63) is 59.7 Å². The number of hydrogen-bond donors (Lipinski definition) is 1. The highest BCUT2D eigenvalue weighted by atomic mass is 16.1. The molecule has 0 spiro atoms. The van der Waals surface area contributed by atoms with Crippen LogP contribution < -0.4 is 10.6 Å². The molecule has 0 saturated heterocycles. The lowest BCUT2D eigenvalue weighted by Gasteiger charge is -2.24. The summed E-state index contributed by atoms with van der Waals surface area (Å²) >= 11 is 0. The van der Waals surface area contributed by atoms with Crippen LogP contribution >= 0.6 is 0 Å². The molecule has 0 aliphatic carbocycles. The maximum atomic E-state index is 12.4. The van der Waals surface area contributed by atoms with Gasteiger partial charge in [0.15, 0.2) is 5.78 Å². The normalized spacial score (nSPS) is 13.4. The Morgan fingerprint density at radius 1 is 1.05 bits per heavy atom. The van der Waals surface area contributed by atoms with Crippen LogP contribution in [0.3, 0.4) is 0 Å². The van der Waals surface area contributed by atoms with Gasteiger partial charge in [0.1, 0.15) is 6.54 Å². The van der Waals surface area contributed by atoms with Crippen LogP contribution in [0.4, 0.5) is 11.4 Å². The number of carbonyl (C=O) groups is 2. The molecule has 0 atom stereocenters. The van der Waals surface area contributed by atoms with E-state index in [2.05, 4.69) is 0 Å². The second-order valence-electron chi connectivity index (χ2n) is 4.80. The summed E-state index contributed by atoms with van der Waals surface area (Å²) in [4.78, 5) is 25.6. The number of hydrogen-bond acceptors (Lipinski definition) is 3. The fraction of sp³-hybridized carbons (Fsp3) is 0.125. The van der Waals surface area contributed by atoms with Crippen LogP contribution in [0.5, 0.6) is 0 Å². The molecule has 20 heavy (non-hydrogen) atoms. The molecule has 2 aromatic rings. The van der Waals surface area contributed by atoms with Crippen LogP contribution in [0.1, 0.15) is 15.9 Å². The fourth-order valence-corrected chi connectivity index (χ4v) is 2.59. The molecule has 0 saturated carbocycles. The molecule has 1 amide bonds. The van der Waals surface area contributed by atoms with Gasteiger partial charge in [0.2, 0.25) is 5.91 Å². The predicted octanol–water partition coefficient (Wildman–Crippen LogP) is 2.05. The standard InChI is InChI=1S/C16H14N2O2/c17-16(20)10-18-13-7-3-1-5-11(13)9-15(19)12-6-2-4-8-14(12)18/h1-8H,9-10H2,(H2,17,20). The van der Waals surface area contributed by atoms with E-state index in [1.807, 2.05) is 47.4 Å². The van der Waals surface area contributed by atoms with Crippen LogP contribution in [-0.2, 0) is 11.2 Å². The van der Waals surface area contributed by atoms with Gasteiger partial charge in [-0.3, -0.25) is 9.59 Å². The predicted molar refractivity (Wildman–Crippen MR) is 77.1 cm³/mol. The second kappa shape index (κ2) is 4.81. The van der Waals surface area contributed by atoms with Crippen molar-refractivity contribution in [1.29, 1.82) is 0 Å². The molecule has 1 aliphatic rings. The van der Waals surface area contributed by atoms with Crippen molar-refractivity contribution in [2.24, 2.45) is 5.73 Å². The lowest BCUT2D eigenvalue weighted by atomic mass is 10.0. The number of nitrogens with two attached hydrogens (primary N) is 1.